The van der Waals surface area contributed by atoms with Crippen molar-refractivity contribution in [1.82, 2.24) is 14.9 Å². The molecule has 1 aliphatic heterocycles. The van der Waals surface area contributed by atoms with E-state index in [2.05, 4.69) is 23.8 Å². The molecule has 0 bridgehead atoms. The van der Waals surface area contributed by atoms with Gasteiger partial charge in [-0.05, 0) is 0 Å². The van der Waals surface area contributed by atoms with E-state index in [0.717, 1.165) is 30.3 Å². The zero-order valence-corrected chi connectivity index (χ0v) is 17.9. The van der Waals surface area contributed by atoms with Crippen LogP contribution in [0, 0.1) is 0 Å². The quantitative estimate of drug-likeness (QED) is 0.771. The first-order valence-corrected chi connectivity index (χ1v) is 11.3. The number of ether oxygens (including phenoxy) is 1. The Morgan fingerprint density at radius 2 is 1.76 bits per heavy atom. The number of rotatable bonds is 4. The van der Waals surface area contributed by atoms with Gasteiger partial charge in [-0.3, -0.25) is 0 Å². The third-order valence-corrected chi connectivity index (χ3v) is 7.35. The molecule has 7 heteroatoms. The number of hydrogen-bond donors (Lipinski definition) is 1. The summed E-state index contributed by atoms with van der Waals surface area (Å²) in [6, 6.07) is 0.416. The Balaban J connectivity index is 2.10. The molecule has 1 fully saturated rings. The van der Waals surface area contributed by atoms with Crippen molar-refractivity contribution in [2.24, 2.45) is 0 Å². The fraction of sp³-hybridized carbons (Fsp3) is 0.722. The van der Waals surface area contributed by atoms with E-state index in [4.69, 9.17) is 4.74 Å². The molecule has 2 rings (SSSR count). The zero-order chi connectivity index (χ0) is 18.6. The summed E-state index contributed by atoms with van der Waals surface area (Å²) in [5.41, 5.74) is -0.474. The molecule has 0 aromatic carbocycles. The molecule has 1 aliphatic rings. The van der Waals surface area contributed by atoms with Gasteiger partial charge in [0.15, 0.2) is 0 Å². The molecule has 6 nitrogen and oxygen atoms in total. The van der Waals surface area contributed by atoms with Crippen LogP contribution in [0.5, 0.6) is 5.75 Å². The molecule has 3 atom stereocenters. The van der Waals surface area contributed by atoms with E-state index >= 15 is 0 Å². The number of piperidine rings is 1. The third kappa shape index (κ3) is 5.60. The molecule has 1 amide bonds. The summed E-state index contributed by atoms with van der Waals surface area (Å²) in [4.78, 5) is 23.2. The Kier molecular flexibility index (Phi) is 6.72. The molecule has 0 spiro atoms. The number of likely N-dealkylation sites (tertiary alicyclic amines) is 1. The van der Waals surface area contributed by atoms with Crippen LogP contribution in [0.4, 0.5) is 4.79 Å². The van der Waals surface area contributed by atoms with E-state index in [1.165, 1.54) is 12.4 Å². The summed E-state index contributed by atoms with van der Waals surface area (Å²) in [7, 11) is 0. The van der Waals surface area contributed by atoms with Crippen molar-refractivity contribution >= 4 is 26.5 Å². The van der Waals surface area contributed by atoms with Gasteiger partial charge < -0.3 is 0 Å². The minimum absolute atomic E-state index is 0.105. The topological polar surface area (TPSA) is 75.6 Å². The first-order valence-electron chi connectivity index (χ1n) is 9.02. The van der Waals surface area contributed by atoms with Crippen LogP contribution in [0.3, 0.4) is 0 Å². The summed E-state index contributed by atoms with van der Waals surface area (Å²) in [6.07, 6.45) is 6.56. The predicted octanol–water partition coefficient (Wildman–Crippen LogP) is 2.62. The average molecular weight is 411 g/mol. The Bertz CT molecular complexity index is 560. The maximum atomic E-state index is 12.7. The van der Waals surface area contributed by atoms with Crippen LogP contribution in [-0.2, 0) is 4.74 Å². The van der Waals surface area contributed by atoms with E-state index in [1.807, 2.05) is 25.7 Å². The van der Waals surface area contributed by atoms with Gasteiger partial charge in [-0.15, -0.1) is 0 Å². The van der Waals surface area contributed by atoms with Crippen molar-refractivity contribution in [3.63, 3.8) is 0 Å². The number of aromatic nitrogens is 2. The van der Waals surface area contributed by atoms with Gasteiger partial charge in [0.2, 0.25) is 0 Å². The molecular weight excluding hydrogens is 381 g/mol. The molecule has 3 unspecified atom stereocenters. The molecule has 1 saturated heterocycles. The Morgan fingerprint density at radius 3 is 2.20 bits per heavy atom. The molecule has 140 valence electrons. The normalized spacial score (nSPS) is 24.7. The van der Waals surface area contributed by atoms with E-state index in [1.54, 1.807) is 0 Å². The van der Waals surface area contributed by atoms with Gasteiger partial charge in [-0.25, -0.2) is 0 Å². The third-order valence-electron chi connectivity index (χ3n) is 4.42. The zero-order valence-electron chi connectivity index (χ0n) is 15.8. The Morgan fingerprint density at radius 1 is 1.24 bits per heavy atom. The van der Waals surface area contributed by atoms with E-state index < -0.39 is 21.4 Å². The number of carbonyl (C=O) groups excluding carboxylic acids is 1. The van der Waals surface area contributed by atoms with Gasteiger partial charge in [-0.1, -0.05) is 0 Å². The molecule has 1 N–H and O–H groups in total. The number of hydrogen-bond acceptors (Lipinski definition) is 5. The van der Waals surface area contributed by atoms with Crippen molar-refractivity contribution in [1.29, 1.82) is 0 Å². The van der Waals surface area contributed by atoms with Crippen LogP contribution in [0.1, 0.15) is 60.3 Å². The van der Waals surface area contributed by atoms with Crippen molar-refractivity contribution in [2.75, 3.05) is 0 Å². The Labute approximate surface area is 157 Å². The van der Waals surface area contributed by atoms with Gasteiger partial charge in [0.25, 0.3) is 0 Å². The first-order chi connectivity index (χ1) is 11.7. The second-order valence-electron chi connectivity index (χ2n) is 7.59. The van der Waals surface area contributed by atoms with E-state index in [9.17, 15) is 9.90 Å². The standard InChI is InChI=1S/C18H30AsN3O3/c1-6-13-8-12(19-16-20-10-15(23)11-21-16)9-14(7-2)22(13)17(24)25-18(3,4)5/h10-14,19,23H,6-9H2,1-5H3. The molecule has 1 aromatic heterocycles. The van der Waals surface area contributed by atoms with Crippen LogP contribution < -0.4 is 4.61 Å². The fourth-order valence-corrected chi connectivity index (χ4v) is 6.30. The van der Waals surface area contributed by atoms with Crippen molar-refractivity contribution < 1.29 is 14.6 Å². The molecule has 0 saturated carbocycles. The molecule has 1 aromatic rings. The van der Waals surface area contributed by atoms with Crippen LogP contribution >= 0.6 is 0 Å². The summed E-state index contributed by atoms with van der Waals surface area (Å²) < 4.78 is 7.08. The molecular formula is C18H30AsN3O3. The van der Waals surface area contributed by atoms with Crippen molar-refractivity contribution in [3.8, 4) is 5.75 Å². The number of amides is 1. The summed E-state index contributed by atoms with van der Waals surface area (Å²) >= 11 is -0.506. The molecule has 0 aliphatic carbocycles. The van der Waals surface area contributed by atoms with Crippen molar-refractivity contribution in [2.45, 2.75) is 82.7 Å². The summed E-state index contributed by atoms with van der Waals surface area (Å²) in [5.74, 6) is 0.105. The second-order valence-corrected chi connectivity index (χ2v) is 10.8. The van der Waals surface area contributed by atoms with E-state index in [-0.39, 0.29) is 23.9 Å². The summed E-state index contributed by atoms with van der Waals surface area (Å²) in [5, 5.41) is 9.34. The predicted molar refractivity (Wildman–Crippen MR) is 99.7 cm³/mol. The number of aromatic hydroxyl groups is 1. The van der Waals surface area contributed by atoms with Gasteiger partial charge in [0, 0.05) is 0 Å². The molecule has 0 radical (unpaired) electrons. The van der Waals surface area contributed by atoms with Gasteiger partial charge in [0.1, 0.15) is 0 Å². The van der Waals surface area contributed by atoms with Gasteiger partial charge >= 0.3 is 157 Å². The minimum atomic E-state index is -0.506. The second kappa shape index (κ2) is 8.39. The average Bonchev–Trinajstić information content (AvgIpc) is 2.54. The fourth-order valence-electron chi connectivity index (χ4n) is 3.31. The summed E-state index contributed by atoms with van der Waals surface area (Å²) in [6.45, 7) is 10.00. The number of carbonyl (C=O) groups is 1. The van der Waals surface area contributed by atoms with Crippen molar-refractivity contribution in [3.05, 3.63) is 12.4 Å². The van der Waals surface area contributed by atoms with Gasteiger partial charge in [0.05, 0.1) is 0 Å². The number of nitrogens with zero attached hydrogens (tertiary/aromatic N) is 3. The monoisotopic (exact) mass is 411 g/mol. The molecule has 2 heterocycles. The first kappa shape index (κ1) is 20.0. The maximum absolute atomic E-state index is 12.7. The Hall–Kier alpha value is -1.29. The van der Waals surface area contributed by atoms with E-state index in [0.29, 0.717) is 4.71 Å². The SMILES string of the molecule is CCC1CC([AsH]c2ncc(O)cn2)CC(CC)N1C(=O)OC(C)(C)C. The van der Waals surface area contributed by atoms with Crippen LogP contribution in [0.15, 0.2) is 12.4 Å². The molecule has 25 heavy (non-hydrogen) atoms. The van der Waals surface area contributed by atoms with Gasteiger partial charge in [-0.2, -0.15) is 0 Å². The van der Waals surface area contributed by atoms with Crippen LogP contribution in [0.25, 0.3) is 0 Å². The van der Waals surface area contributed by atoms with Crippen LogP contribution in [0.2, 0.25) is 4.71 Å². The van der Waals surface area contributed by atoms with Crippen LogP contribution in [-0.4, -0.2) is 59.5 Å².